The summed E-state index contributed by atoms with van der Waals surface area (Å²) in [5.41, 5.74) is -14.7. The van der Waals surface area contributed by atoms with E-state index >= 15 is 0 Å². The van der Waals surface area contributed by atoms with Crippen LogP contribution >= 0.6 is 0 Å². The molecule has 0 saturated heterocycles. The van der Waals surface area contributed by atoms with Gasteiger partial charge >= 0.3 is 46.7 Å². The molecule has 0 aliphatic heterocycles. The zero-order valence-corrected chi connectivity index (χ0v) is 43.1. The first-order valence-corrected chi connectivity index (χ1v) is 26.3. The molecular formula is C47H59F9N2O12S3. The van der Waals surface area contributed by atoms with Crippen LogP contribution in [-0.2, 0) is 30.2 Å². The van der Waals surface area contributed by atoms with Gasteiger partial charge in [-0.3, -0.25) is 0 Å². The van der Waals surface area contributed by atoms with E-state index in [1.165, 1.54) is 37.3 Å². The normalized spacial score (nSPS) is 18.5. The van der Waals surface area contributed by atoms with E-state index in [1.54, 1.807) is 0 Å². The average Bonchev–Trinajstić information content (AvgIpc) is 3.23. The van der Waals surface area contributed by atoms with Crippen molar-refractivity contribution in [1.82, 2.24) is 4.90 Å². The first kappa shape index (κ1) is 63.5. The number of alkyl halides is 9. The van der Waals surface area contributed by atoms with Gasteiger partial charge in [-0.1, -0.05) is 86.6 Å². The van der Waals surface area contributed by atoms with Crippen molar-refractivity contribution in [2.75, 3.05) is 23.3 Å². The molecule has 0 unspecified atom stereocenters. The Kier molecular flexibility index (Phi) is 21.8. The number of nitrogens with zero attached hydrogens (tertiary/aromatic N) is 2. The summed E-state index contributed by atoms with van der Waals surface area (Å²) in [6, 6.07) is 7.86. The lowest BCUT2D eigenvalue weighted by atomic mass is 9.74. The molecule has 4 atom stereocenters. The minimum absolute atomic E-state index is 0.0697. The Morgan fingerprint density at radius 1 is 0.603 bits per heavy atom. The number of rotatable bonds is 12. The summed E-state index contributed by atoms with van der Waals surface area (Å²) in [7, 11) is -19.5. The van der Waals surface area contributed by atoms with Crippen LogP contribution in [0.15, 0.2) is 102 Å². The monoisotopic (exact) mass is 1110 g/mol. The van der Waals surface area contributed by atoms with E-state index in [9.17, 15) is 90.3 Å². The standard InChI is InChI=1S/C17H19F3O5S.C16H20O3.C8H5F6NO4S2.C6H15N/c1-9(2)12-5-4-10(3)6-13(12)16-14(21)7-11(8-15(16)22)25-26(23,24)17(18,19)20;1-9(2)12-5-4-10(3)6-13(12)16-14(18)7-11(17)8-15(16)19;9-7(10,11)20(16,17)15(6-4-2-1-3-5-6)21(18,19)8(12,13)14;1-4-7(5-2)6-3/h6-8,12-13,21-22H,1,4-5H2,2-3H3;6-8,12-13,17-19H,1,4-5H2,2-3H3;1-5H;4-6H2,1-3H3/t2*12-,13+;;/m11../s1. The third-order valence-electron chi connectivity index (χ3n) is 11.5. The van der Waals surface area contributed by atoms with Gasteiger partial charge in [0.2, 0.25) is 0 Å². The fourth-order valence-corrected chi connectivity index (χ4v) is 10.9. The summed E-state index contributed by atoms with van der Waals surface area (Å²) in [6.45, 7) is 25.8. The molecular weight excluding hydrogens is 1050 g/mol. The third-order valence-corrected chi connectivity index (χ3v) is 16.1. The van der Waals surface area contributed by atoms with Gasteiger partial charge in [-0.05, 0) is 97.0 Å². The highest BCUT2D eigenvalue weighted by molar-refractivity contribution is 8.11. The van der Waals surface area contributed by atoms with Gasteiger partial charge in [0, 0.05) is 47.2 Å². The quantitative estimate of drug-likeness (QED) is 0.0494. The molecule has 2 aliphatic rings. The second-order valence-corrected chi connectivity index (χ2v) is 22.2. The zero-order chi connectivity index (χ0) is 56.4. The summed E-state index contributed by atoms with van der Waals surface area (Å²) in [4.78, 5) is 2.38. The molecule has 2 aliphatic carbocycles. The number of anilines is 1. The molecule has 410 valence electrons. The highest BCUT2D eigenvalue weighted by Crippen LogP contribution is 2.49. The Labute approximate surface area is 419 Å². The molecule has 3 aromatic carbocycles. The second kappa shape index (κ2) is 25.1. The number of phenols is 5. The zero-order valence-electron chi connectivity index (χ0n) is 40.6. The number of aromatic hydroxyl groups is 5. The molecule has 0 spiro atoms. The molecule has 0 radical (unpaired) electrons. The van der Waals surface area contributed by atoms with Crippen LogP contribution in [0.1, 0.15) is 97.1 Å². The maximum Gasteiger partial charge on any atom is 0.534 e. The smallest absolute Gasteiger partial charge is 0.508 e. The van der Waals surface area contributed by atoms with Gasteiger partial charge in [-0.2, -0.15) is 64.8 Å². The van der Waals surface area contributed by atoms with Crippen LogP contribution in [0, 0.1) is 11.8 Å². The van der Waals surface area contributed by atoms with Crippen LogP contribution in [0.25, 0.3) is 0 Å². The second-order valence-electron chi connectivity index (χ2n) is 16.9. The third kappa shape index (κ3) is 16.2. The Balaban J connectivity index is 0.000000355. The van der Waals surface area contributed by atoms with Gasteiger partial charge in [-0.15, -0.1) is 3.71 Å². The maximum absolute atomic E-state index is 12.4. The molecule has 0 bridgehead atoms. The van der Waals surface area contributed by atoms with Crippen LogP contribution in [0.3, 0.4) is 0 Å². The molecule has 0 aromatic heterocycles. The fraction of sp³-hybridized carbons (Fsp3) is 0.447. The topological polar surface area (TPSA) is 219 Å². The summed E-state index contributed by atoms with van der Waals surface area (Å²) < 4.78 is 181. The molecule has 0 fully saturated rings. The number of allylic oxidation sites excluding steroid dienone is 6. The molecule has 0 saturated carbocycles. The fourth-order valence-electron chi connectivity index (χ4n) is 7.74. The highest BCUT2D eigenvalue weighted by atomic mass is 32.3. The van der Waals surface area contributed by atoms with Crippen LogP contribution in [-0.4, -0.2) is 91.8 Å². The summed E-state index contributed by atoms with van der Waals surface area (Å²) in [5.74, 6) is -2.63. The van der Waals surface area contributed by atoms with Gasteiger partial charge in [-0.25, -0.2) is 0 Å². The van der Waals surface area contributed by atoms with Gasteiger partial charge in [0.15, 0.2) is 0 Å². The van der Waals surface area contributed by atoms with Crippen molar-refractivity contribution >= 4 is 35.9 Å². The van der Waals surface area contributed by atoms with Crippen molar-refractivity contribution in [3.8, 4) is 34.5 Å². The highest BCUT2D eigenvalue weighted by Gasteiger charge is 2.61. The number of halogens is 9. The first-order chi connectivity index (χ1) is 33.3. The average molecular weight is 1110 g/mol. The lowest BCUT2D eigenvalue weighted by Gasteiger charge is -2.31. The molecule has 0 heterocycles. The van der Waals surface area contributed by atoms with Gasteiger partial charge in [0.05, 0.1) is 5.69 Å². The van der Waals surface area contributed by atoms with E-state index in [2.05, 4.69) is 56.0 Å². The van der Waals surface area contributed by atoms with Crippen LogP contribution in [0.4, 0.5) is 45.2 Å². The number of sulfonamides is 2. The van der Waals surface area contributed by atoms with Crippen molar-refractivity contribution in [1.29, 1.82) is 0 Å². The molecule has 14 nitrogen and oxygen atoms in total. The van der Waals surface area contributed by atoms with Gasteiger partial charge in [0.25, 0.3) is 0 Å². The minimum Gasteiger partial charge on any atom is -0.508 e. The summed E-state index contributed by atoms with van der Waals surface area (Å²) in [6.07, 6.45) is 7.46. The Morgan fingerprint density at radius 2 is 0.945 bits per heavy atom. The van der Waals surface area contributed by atoms with E-state index in [-0.39, 0.29) is 40.6 Å². The predicted octanol–water partition coefficient (Wildman–Crippen LogP) is 11.7. The van der Waals surface area contributed by atoms with Crippen molar-refractivity contribution in [2.24, 2.45) is 11.8 Å². The lowest BCUT2D eigenvalue weighted by molar-refractivity contribution is -0.0501. The van der Waals surface area contributed by atoms with E-state index in [4.69, 9.17) is 0 Å². The summed E-state index contributed by atoms with van der Waals surface area (Å²) in [5, 5.41) is 49.9. The SMILES string of the molecule is C=C(C)[C@H]1CCC(C)=C[C@@H]1c1c(O)cc(O)cc1O.C=C(C)[C@H]1CCC(C)=C[C@@H]1c1c(O)cc(OS(=O)(=O)C(F)(F)F)cc1O.CCN(CC)CC.O=S(=O)(N(c1ccccc1)S(=O)(=O)C(F)(F)F)C(F)(F)F. The molecule has 5 N–H and O–H groups in total. The van der Waals surface area contributed by atoms with E-state index in [0.29, 0.717) is 17.7 Å². The predicted molar refractivity (Wildman–Crippen MR) is 257 cm³/mol. The maximum atomic E-state index is 12.4. The number of phenolic OH excluding ortho intramolecular Hbond substituents is 5. The summed E-state index contributed by atoms with van der Waals surface area (Å²) >= 11 is 0. The Morgan fingerprint density at radius 3 is 1.23 bits per heavy atom. The van der Waals surface area contributed by atoms with Crippen molar-refractivity contribution in [2.45, 2.75) is 103 Å². The van der Waals surface area contributed by atoms with Crippen molar-refractivity contribution in [3.05, 3.63) is 113 Å². The van der Waals surface area contributed by atoms with Crippen LogP contribution in [0.5, 0.6) is 34.5 Å². The minimum atomic E-state index is -6.81. The largest absolute Gasteiger partial charge is 0.534 e. The van der Waals surface area contributed by atoms with Gasteiger partial charge < -0.3 is 34.6 Å². The molecule has 5 rings (SSSR count). The van der Waals surface area contributed by atoms with E-state index in [0.717, 1.165) is 72.7 Å². The van der Waals surface area contributed by atoms with Gasteiger partial charge in [0.1, 0.15) is 34.5 Å². The van der Waals surface area contributed by atoms with E-state index < -0.39 is 79.3 Å². The van der Waals surface area contributed by atoms with Crippen molar-refractivity contribution in [3.63, 3.8) is 0 Å². The number of benzene rings is 3. The molecule has 73 heavy (non-hydrogen) atoms. The molecule has 3 aromatic rings. The molecule has 26 heteroatoms. The first-order valence-electron chi connectivity index (χ1n) is 22.0. The molecule has 0 amide bonds. The number of hydrogen-bond donors (Lipinski definition) is 5. The number of para-hydroxylation sites is 1. The van der Waals surface area contributed by atoms with E-state index in [1.807, 2.05) is 26.8 Å². The number of hydrogen-bond acceptors (Lipinski definition) is 13. The van der Waals surface area contributed by atoms with Crippen molar-refractivity contribution < 1.29 is 94.5 Å². The Bertz CT molecular complexity index is 2720. The van der Waals surface area contributed by atoms with Crippen LogP contribution < -0.4 is 7.89 Å². The van der Waals surface area contributed by atoms with Crippen LogP contribution in [0.2, 0.25) is 0 Å². The lowest BCUT2D eigenvalue weighted by Crippen LogP contribution is -2.49. The Hall–Kier alpha value is -5.60.